The van der Waals surface area contributed by atoms with Gasteiger partial charge in [-0.2, -0.15) is 0 Å². The Morgan fingerprint density at radius 3 is 2.48 bits per heavy atom. The zero-order chi connectivity index (χ0) is 17.4. The molecule has 2 heterocycles. The number of urea groups is 1. The van der Waals surface area contributed by atoms with Crippen LogP contribution in [0.15, 0.2) is 24.3 Å². The molecular formula is C19H25N3O3. The minimum absolute atomic E-state index is 0.0477. The van der Waals surface area contributed by atoms with Gasteiger partial charge in [-0.15, -0.1) is 0 Å². The molecule has 2 aliphatic heterocycles. The predicted molar refractivity (Wildman–Crippen MR) is 93.5 cm³/mol. The minimum Gasteiger partial charge on any atom is -0.497 e. The molecule has 2 saturated heterocycles. The summed E-state index contributed by atoms with van der Waals surface area (Å²) < 4.78 is 5.19. The van der Waals surface area contributed by atoms with E-state index < -0.39 is 0 Å². The Hall–Kier alpha value is -2.24. The fourth-order valence-electron chi connectivity index (χ4n) is 4.15. The highest BCUT2D eigenvalue weighted by Gasteiger charge is 2.46. The molecule has 1 N–H and O–H groups in total. The molecule has 4 rings (SSSR count). The molecule has 3 fully saturated rings. The van der Waals surface area contributed by atoms with Gasteiger partial charge in [0, 0.05) is 38.1 Å². The van der Waals surface area contributed by atoms with Crippen LogP contribution in [0.5, 0.6) is 5.75 Å². The van der Waals surface area contributed by atoms with Gasteiger partial charge < -0.3 is 19.9 Å². The van der Waals surface area contributed by atoms with Crippen molar-refractivity contribution in [3.63, 3.8) is 0 Å². The SMILES string of the molecule is COc1ccc([C@H]2C[C@@H]2C(=O)N2CCC(N3CCNC3=O)CC2)cc1. The number of piperidine rings is 1. The summed E-state index contributed by atoms with van der Waals surface area (Å²) in [6.07, 6.45) is 2.72. The average Bonchev–Trinajstić information content (AvgIpc) is 3.35. The van der Waals surface area contributed by atoms with Crippen LogP contribution < -0.4 is 10.1 Å². The smallest absolute Gasteiger partial charge is 0.317 e. The third-order valence-corrected chi connectivity index (χ3v) is 5.76. The van der Waals surface area contributed by atoms with Gasteiger partial charge in [0.05, 0.1) is 7.11 Å². The zero-order valence-electron chi connectivity index (χ0n) is 14.6. The largest absolute Gasteiger partial charge is 0.497 e. The van der Waals surface area contributed by atoms with E-state index in [4.69, 9.17) is 4.74 Å². The highest BCUT2D eigenvalue weighted by atomic mass is 16.5. The van der Waals surface area contributed by atoms with E-state index in [0.29, 0.717) is 5.92 Å². The second-order valence-electron chi connectivity index (χ2n) is 7.20. The number of nitrogens with one attached hydrogen (secondary N) is 1. The van der Waals surface area contributed by atoms with Gasteiger partial charge in [-0.05, 0) is 42.9 Å². The molecule has 6 heteroatoms. The van der Waals surface area contributed by atoms with E-state index in [2.05, 4.69) is 17.4 Å². The van der Waals surface area contributed by atoms with Gasteiger partial charge in [-0.3, -0.25) is 4.79 Å². The molecule has 2 atom stereocenters. The number of benzene rings is 1. The number of rotatable bonds is 4. The number of hydrogen-bond donors (Lipinski definition) is 1. The summed E-state index contributed by atoms with van der Waals surface area (Å²) in [4.78, 5) is 28.5. The van der Waals surface area contributed by atoms with Gasteiger partial charge in [0.25, 0.3) is 0 Å². The number of carbonyl (C=O) groups excluding carboxylic acids is 2. The molecule has 0 unspecified atom stereocenters. The number of likely N-dealkylation sites (tertiary alicyclic amines) is 1. The fraction of sp³-hybridized carbons (Fsp3) is 0.579. The normalized spacial score (nSPS) is 26.5. The van der Waals surface area contributed by atoms with Crippen LogP contribution in [0, 0.1) is 5.92 Å². The Morgan fingerprint density at radius 1 is 1.16 bits per heavy atom. The second kappa shape index (κ2) is 6.58. The number of hydrogen-bond acceptors (Lipinski definition) is 3. The van der Waals surface area contributed by atoms with Crippen molar-refractivity contribution in [1.82, 2.24) is 15.1 Å². The average molecular weight is 343 g/mol. The number of methoxy groups -OCH3 is 1. The van der Waals surface area contributed by atoms with Crippen molar-refractivity contribution in [3.8, 4) is 5.75 Å². The van der Waals surface area contributed by atoms with E-state index in [-0.39, 0.29) is 23.9 Å². The Balaban J connectivity index is 1.30. The molecule has 1 aromatic carbocycles. The summed E-state index contributed by atoms with van der Waals surface area (Å²) in [5, 5.41) is 2.86. The van der Waals surface area contributed by atoms with Crippen molar-refractivity contribution in [2.45, 2.75) is 31.2 Å². The highest BCUT2D eigenvalue weighted by Crippen LogP contribution is 2.49. The van der Waals surface area contributed by atoms with Crippen LogP contribution in [0.4, 0.5) is 4.79 Å². The molecule has 0 spiro atoms. The lowest BCUT2D eigenvalue weighted by Crippen LogP contribution is -2.48. The maximum Gasteiger partial charge on any atom is 0.317 e. The van der Waals surface area contributed by atoms with Crippen molar-refractivity contribution in [2.24, 2.45) is 5.92 Å². The van der Waals surface area contributed by atoms with E-state index in [9.17, 15) is 9.59 Å². The summed E-state index contributed by atoms with van der Waals surface area (Å²) >= 11 is 0. The summed E-state index contributed by atoms with van der Waals surface area (Å²) in [7, 11) is 1.66. The van der Waals surface area contributed by atoms with Gasteiger partial charge in [-0.1, -0.05) is 12.1 Å². The van der Waals surface area contributed by atoms with Crippen molar-refractivity contribution >= 4 is 11.9 Å². The van der Waals surface area contributed by atoms with Crippen molar-refractivity contribution in [2.75, 3.05) is 33.3 Å². The molecule has 0 bridgehead atoms. The first-order valence-corrected chi connectivity index (χ1v) is 9.14. The number of amides is 3. The van der Waals surface area contributed by atoms with Crippen molar-refractivity contribution < 1.29 is 14.3 Å². The third kappa shape index (κ3) is 3.17. The van der Waals surface area contributed by atoms with Crippen LogP contribution in [0.2, 0.25) is 0 Å². The molecule has 1 aromatic rings. The Bertz CT molecular complexity index is 652. The highest BCUT2D eigenvalue weighted by molar-refractivity contribution is 5.83. The van der Waals surface area contributed by atoms with E-state index >= 15 is 0 Å². The van der Waals surface area contributed by atoms with E-state index in [1.54, 1.807) is 7.11 Å². The van der Waals surface area contributed by atoms with Gasteiger partial charge in [0.15, 0.2) is 0 Å². The molecule has 3 aliphatic rings. The first-order valence-electron chi connectivity index (χ1n) is 9.14. The molecule has 6 nitrogen and oxygen atoms in total. The molecule has 3 amide bonds. The first kappa shape index (κ1) is 16.2. The van der Waals surface area contributed by atoms with E-state index in [1.165, 1.54) is 5.56 Å². The van der Waals surface area contributed by atoms with E-state index in [0.717, 1.165) is 51.2 Å². The van der Waals surface area contributed by atoms with Crippen LogP contribution in [0.3, 0.4) is 0 Å². The predicted octanol–water partition coefficient (Wildman–Crippen LogP) is 1.81. The van der Waals surface area contributed by atoms with Gasteiger partial charge in [-0.25, -0.2) is 4.79 Å². The number of nitrogens with zero attached hydrogens (tertiary/aromatic N) is 2. The maximum atomic E-state index is 12.8. The quantitative estimate of drug-likeness (QED) is 0.907. The molecule has 0 aromatic heterocycles. The lowest BCUT2D eigenvalue weighted by Gasteiger charge is -2.36. The topological polar surface area (TPSA) is 61.9 Å². The lowest BCUT2D eigenvalue weighted by atomic mass is 10.0. The molecule has 25 heavy (non-hydrogen) atoms. The molecule has 1 aliphatic carbocycles. The lowest BCUT2D eigenvalue weighted by molar-refractivity contribution is -0.134. The molecule has 0 radical (unpaired) electrons. The number of ether oxygens (including phenoxy) is 1. The van der Waals surface area contributed by atoms with Gasteiger partial charge in [0.1, 0.15) is 5.75 Å². The summed E-state index contributed by atoms with van der Waals surface area (Å²) in [6.45, 7) is 3.06. The minimum atomic E-state index is 0.0477. The van der Waals surface area contributed by atoms with E-state index in [1.807, 2.05) is 21.9 Å². The van der Waals surface area contributed by atoms with Crippen molar-refractivity contribution in [3.05, 3.63) is 29.8 Å². The first-order chi connectivity index (χ1) is 12.2. The van der Waals surface area contributed by atoms with Crippen LogP contribution in [0.25, 0.3) is 0 Å². The molecule has 1 saturated carbocycles. The Labute approximate surface area is 148 Å². The fourth-order valence-corrected chi connectivity index (χ4v) is 4.15. The Kier molecular flexibility index (Phi) is 4.27. The standard InChI is InChI=1S/C19H25N3O3/c1-25-15-4-2-13(3-5-15)16-12-17(16)18(23)21-9-6-14(7-10-21)22-11-8-20-19(22)24/h2-5,14,16-17H,6-12H2,1H3,(H,20,24)/t16-,17+/m1/s1. The van der Waals surface area contributed by atoms with Gasteiger partial charge >= 0.3 is 6.03 Å². The second-order valence-corrected chi connectivity index (χ2v) is 7.20. The molecular weight excluding hydrogens is 318 g/mol. The van der Waals surface area contributed by atoms with Crippen molar-refractivity contribution in [1.29, 1.82) is 0 Å². The van der Waals surface area contributed by atoms with Crippen LogP contribution in [-0.2, 0) is 4.79 Å². The number of carbonyl (C=O) groups is 2. The zero-order valence-corrected chi connectivity index (χ0v) is 14.6. The molecule has 134 valence electrons. The summed E-state index contributed by atoms with van der Waals surface area (Å²) in [6, 6.07) is 8.38. The van der Waals surface area contributed by atoms with Crippen LogP contribution in [-0.4, -0.2) is 61.1 Å². The summed E-state index contributed by atoms with van der Waals surface area (Å²) in [5.74, 6) is 1.60. The van der Waals surface area contributed by atoms with Crippen LogP contribution >= 0.6 is 0 Å². The maximum absolute atomic E-state index is 12.8. The Morgan fingerprint density at radius 2 is 1.88 bits per heavy atom. The monoisotopic (exact) mass is 343 g/mol. The third-order valence-electron chi connectivity index (χ3n) is 5.76. The van der Waals surface area contributed by atoms with Gasteiger partial charge in [0.2, 0.25) is 5.91 Å². The summed E-state index contributed by atoms with van der Waals surface area (Å²) in [5.41, 5.74) is 1.22. The van der Waals surface area contributed by atoms with Crippen LogP contribution in [0.1, 0.15) is 30.7 Å².